The van der Waals surface area contributed by atoms with Crippen LogP contribution in [0.25, 0.3) is 21.1 Å². The van der Waals surface area contributed by atoms with Crippen molar-refractivity contribution in [3.05, 3.63) is 71.2 Å². The molecule has 0 unspecified atom stereocenters. The Kier molecular flexibility index (Phi) is 4.92. The average molecular weight is 445 g/mol. The maximum Gasteiger partial charge on any atom is 0.353 e. The van der Waals surface area contributed by atoms with Gasteiger partial charge in [0.25, 0.3) is 0 Å². The number of hydrogen-bond acceptors (Lipinski definition) is 10. The fraction of sp³-hybridized carbons (Fsp3) is 0.0476. The molecule has 0 saturated heterocycles. The summed E-state index contributed by atoms with van der Waals surface area (Å²) < 4.78 is 6.12. The van der Waals surface area contributed by atoms with Crippen LogP contribution < -0.4 is 15.4 Å². The van der Waals surface area contributed by atoms with Crippen LogP contribution in [-0.2, 0) is 0 Å². The van der Waals surface area contributed by atoms with Crippen LogP contribution in [0.1, 0.15) is 0 Å². The van der Waals surface area contributed by atoms with E-state index in [0.717, 1.165) is 15.6 Å². The fourth-order valence-electron chi connectivity index (χ4n) is 3.25. The van der Waals surface area contributed by atoms with E-state index >= 15 is 0 Å². The van der Waals surface area contributed by atoms with Gasteiger partial charge in [0.05, 0.1) is 33.5 Å². The SMILES string of the molecule is COc1ccc2nc(Nc3ncnc(Nc4cccc5cccnc45)c3[N+](=O)[O-])sc2c1. The minimum Gasteiger partial charge on any atom is -0.497 e. The molecular weight excluding hydrogens is 430 g/mol. The number of ether oxygens (including phenoxy) is 1. The molecule has 3 aromatic heterocycles. The summed E-state index contributed by atoms with van der Waals surface area (Å²) in [5.41, 5.74) is 1.73. The number of nitrogens with zero attached hydrogens (tertiary/aromatic N) is 5. The Balaban J connectivity index is 1.53. The number of benzene rings is 2. The minimum absolute atomic E-state index is 0.0340. The first-order valence-electron chi connectivity index (χ1n) is 9.44. The maximum atomic E-state index is 11.9. The summed E-state index contributed by atoms with van der Waals surface area (Å²) in [6.07, 6.45) is 2.92. The van der Waals surface area contributed by atoms with E-state index in [2.05, 4.69) is 30.6 Å². The summed E-state index contributed by atoms with van der Waals surface area (Å²) in [6, 6.07) is 14.8. The number of pyridine rings is 1. The highest BCUT2D eigenvalue weighted by atomic mass is 32.1. The van der Waals surface area contributed by atoms with Gasteiger partial charge in [-0.25, -0.2) is 15.0 Å². The van der Waals surface area contributed by atoms with E-state index in [-0.39, 0.29) is 17.3 Å². The van der Waals surface area contributed by atoms with Crippen LogP contribution in [0.2, 0.25) is 0 Å². The number of anilines is 4. The third-order valence-electron chi connectivity index (χ3n) is 4.71. The van der Waals surface area contributed by atoms with Gasteiger partial charge >= 0.3 is 5.69 Å². The zero-order valence-corrected chi connectivity index (χ0v) is 17.5. The van der Waals surface area contributed by atoms with Crippen molar-refractivity contribution in [2.75, 3.05) is 17.7 Å². The Hall–Kier alpha value is -4.38. The van der Waals surface area contributed by atoms with Gasteiger partial charge in [0.15, 0.2) is 5.13 Å². The van der Waals surface area contributed by atoms with Crippen molar-refractivity contribution in [3.63, 3.8) is 0 Å². The molecule has 0 aliphatic carbocycles. The van der Waals surface area contributed by atoms with E-state index in [1.165, 1.54) is 17.7 Å². The van der Waals surface area contributed by atoms with E-state index < -0.39 is 4.92 Å². The number of hydrogen-bond donors (Lipinski definition) is 2. The topological polar surface area (TPSA) is 128 Å². The molecule has 0 fully saturated rings. The van der Waals surface area contributed by atoms with Crippen molar-refractivity contribution in [2.45, 2.75) is 0 Å². The van der Waals surface area contributed by atoms with Crippen molar-refractivity contribution in [1.82, 2.24) is 19.9 Å². The lowest BCUT2D eigenvalue weighted by atomic mass is 10.2. The highest BCUT2D eigenvalue weighted by Gasteiger charge is 2.24. The molecule has 0 saturated carbocycles. The average Bonchev–Trinajstić information content (AvgIpc) is 3.20. The predicted molar refractivity (Wildman–Crippen MR) is 123 cm³/mol. The predicted octanol–water partition coefficient (Wildman–Crippen LogP) is 5.04. The van der Waals surface area contributed by atoms with Crippen molar-refractivity contribution in [2.24, 2.45) is 0 Å². The molecule has 0 bridgehead atoms. The standard InChI is InChI=1S/C21H15N7O3S/c1-31-13-7-8-14-16(10-13)32-21(26-14)27-20-18(28(29)30)19(23-11-24-20)25-15-6-2-4-12-5-3-9-22-17(12)15/h2-11H,1H3,(H2,23,24,25,26,27). The van der Waals surface area contributed by atoms with Gasteiger partial charge < -0.3 is 15.4 Å². The van der Waals surface area contributed by atoms with Crippen LogP contribution in [0.4, 0.5) is 28.1 Å². The molecular formula is C21H15N7O3S. The summed E-state index contributed by atoms with van der Waals surface area (Å²) in [7, 11) is 1.59. The second-order valence-electron chi connectivity index (χ2n) is 6.66. The van der Waals surface area contributed by atoms with Gasteiger partial charge in [-0.15, -0.1) is 0 Å². The molecule has 5 aromatic rings. The largest absolute Gasteiger partial charge is 0.497 e. The Bertz CT molecular complexity index is 1470. The Labute approximate surface area is 185 Å². The lowest BCUT2D eigenvalue weighted by Gasteiger charge is -2.10. The van der Waals surface area contributed by atoms with Gasteiger partial charge in [-0.05, 0) is 30.3 Å². The van der Waals surface area contributed by atoms with E-state index in [0.29, 0.717) is 22.1 Å². The number of fused-ring (bicyclic) bond motifs is 2. The molecule has 10 nitrogen and oxygen atoms in total. The van der Waals surface area contributed by atoms with E-state index in [4.69, 9.17) is 4.74 Å². The first-order chi connectivity index (χ1) is 15.6. The van der Waals surface area contributed by atoms with Gasteiger partial charge in [0.1, 0.15) is 12.1 Å². The zero-order valence-electron chi connectivity index (χ0n) is 16.6. The van der Waals surface area contributed by atoms with Crippen LogP contribution in [-0.4, -0.2) is 32.0 Å². The van der Waals surface area contributed by atoms with Crippen LogP contribution in [0, 0.1) is 10.1 Å². The van der Waals surface area contributed by atoms with Gasteiger partial charge in [0.2, 0.25) is 11.6 Å². The molecule has 0 aliphatic heterocycles. The summed E-state index contributed by atoms with van der Waals surface area (Å²) in [4.78, 5) is 28.4. The van der Waals surface area contributed by atoms with Crippen molar-refractivity contribution < 1.29 is 9.66 Å². The van der Waals surface area contributed by atoms with Crippen molar-refractivity contribution in [3.8, 4) is 5.75 Å². The fourth-order valence-corrected chi connectivity index (χ4v) is 4.15. The summed E-state index contributed by atoms with van der Waals surface area (Å²) in [5, 5.41) is 19.3. The van der Waals surface area contributed by atoms with Crippen LogP contribution in [0.5, 0.6) is 5.75 Å². The quantitative estimate of drug-likeness (QED) is 0.273. The molecule has 2 aromatic carbocycles. The van der Waals surface area contributed by atoms with Crippen LogP contribution >= 0.6 is 11.3 Å². The van der Waals surface area contributed by atoms with Crippen molar-refractivity contribution >= 4 is 60.6 Å². The highest BCUT2D eigenvalue weighted by Crippen LogP contribution is 2.36. The number of nitro groups is 1. The number of thiazole rings is 1. The van der Waals surface area contributed by atoms with Gasteiger partial charge in [-0.2, -0.15) is 0 Å². The molecule has 0 radical (unpaired) electrons. The lowest BCUT2D eigenvalue weighted by molar-refractivity contribution is -0.383. The number of rotatable bonds is 6. The van der Waals surface area contributed by atoms with E-state index in [1.807, 2.05) is 36.4 Å². The van der Waals surface area contributed by atoms with E-state index in [9.17, 15) is 10.1 Å². The normalized spacial score (nSPS) is 10.9. The molecule has 0 spiro atoms. The molecule has 3 heterocycles. The third kappa shape index (κ3) is 3.61. The first-order valence-corrected chi connectivity index (χ1v) is 10.3. The summed E-state index contributed by atoms with van der Waals surface area (Å²) in [6.45, 7) is 0. The number of aromatic nitrogens is 4. The molecule has 11 heteroatoms. The van der Waals surface area contributed by atoms with Crippen LogP contribution in [0.15, 0.2) is 61.1 Å². The molecule has 0 amide bonds. The monoisotopic (exact) mass is 445 g/mol. The lowest BCUT2D eigenvalue weighted by Crippen LogP contribution is -2.05. The molecule has 2 N–H and O–H groups in total. The highest BCUT2D eigenvalue weighted by molar-refractivity contribution is 7.22. The van der Waals surface area contributed by atoms with Crippen molar-refractivity contribution in [1.29, 1.82) is 0 Å². The summed E-state index contributed by atoms with van der Waals surface area (Å²) >= 11 is 1.34. The first kappa shape index (κ1) is 19.6. The Morgan fingerprint density at radius 3 is 2.66 bits per heavy atom. The number of methoxy groups -OCH3 is 1. The van der Waals surface area contributed by atoms with Gasteiger partial charge in [0, 0.05) is 11.6 Å². The van der Waals surface area contributed by atoms with E-state index in [1.54, 1.807) is 25.4 Å². The zero-order chi connectivity index (χ0) is 22.1. The number of nitrogens with one attached hydrogen (secondary N) is 2. The Morgan fingerprint density at radius 1 is 1.03 bits per heavy atom. The van der Waals surface area contributed by atoms with Crippen LogP contribution in [0.3, 0.4) is 0 Å². The van der Waals surface area contributed by atoms with Gasteiger partial charge in [-0.3, -0.25) is 15.1 Å². The Morgan fingerprint density at radius 2 is 1.84 bits per heavy atom. The smallest absolute Gasteiger partial charge is 0.353 e. The van der Waals surface area contributed by atoms with Gasteiger partial charge in [-0.1, -0.05) is 29.5 Å². The minimum atomic E-state index is -0.528. The third-order valence-corrected chi connectivity index (χ3v) is 5.65. The summed E-state index contributed by atoms with van der Waals surface area (Å²) in [5.74, 6) is 0.788. The molecule has 0 atom stereocenters. The second kappa shape index (κ2) is 8.04. The second-order valence-corrected chi connectivity index (χ2v) is 7.69. The molecule has 32 heavy (non-hydrogen) atoms. The molecule has 0 aliphatic rings. The number of para-hydroxylation sites is 1. The maximum absolute atomic E-state index is 11.9. The molecule has 158 valence electrons. The molecule has 5 rings (SSSR count).